The first-order valence-electron chi connectivity index (χ1n) is 5.98. The van der Waals surface area contributed by atoms with Gasteiger partial charge in [0.15, 0.2) is 11.6 Å². The van der Waals surface area contributed by atoms with Crippen LogP contribution in [0.15, 0.2) is 18.2 Å². The summed E-state index contributed by atoms with van der Waals surface area (Å²) in [6, 6.07) is 4.69. The van der Waals surface area contributed by atoms with Gasteiger partial charge in [0.1, 0.15) is 0 Å². The first kappa shape index (κ1) is 12.3. The summed E-state index contributed by atoms with van der Waals surface area (Å²) in [4.78, 5) is 1.92. The largest absolute Gasteiger partial charge is 0.367 e. The van der Waals surface area contributed by atoms with Gasteiger partial charge >= 0.3 is 0 Å². The van der Waals surface area contributed by atoms with Crippen LogP contribution < -0.4 is 10.2 Å². The second-order valence-corrected chi connectivity index (χ2v) is 4.80. The van der Waals surface area contributed by atoms with Crippen LogP contribution in [0, 0.1) is 17.6 Å². The van der Waals surface area contributed by atoms with Crippen molar-refractivity contribution in [3.8, 4) is 0 Å². The van der Waals surface area contributed by atoms with Crippen LogP contribution in [0.3, 0.4) is 0 Å². The van der Waals surface area contributed by atoms with E-state index in [9.17, 15) is 8.78 Å². The number of benzene rings is 1. The van der Waals surface area contributed by atoms with E-state index in [2.05, 4.69) is 12.2 Å². The summed E-state index contributed by atoms with van der Waals surface area (Å²) in [6.07, 6.45) is 1.07. The zero-order valence-electron chi connectivity index (χ0n) is 10.2. The summed E-state index contributed by atoms with van der Waals surface area (Å²) in [5.41, 5.74) is 0.372. The molecule has 94 valence electrons. The molecule has 0 bridgehead atoms. The van der Waals surface area contributed by atoms with Crippen molar-refractivity contribution in [2.45, 2.75) is 19.4 Å². The van der Waals surface area contributed by atoms with Gasteiger partial charge in [0, 0.05) is 19.1 Å². The molecule has 1 aromatic carbocycles. The van der Waals surface area contributed by atoms with E-state index in [4.69, 9.17) is 0 Å². The summed E-state index contributed by atoms with van der Waals surface area (Å²) >= 11 is 0. The molecule has 1 aliphatic rings. The Morgan fingerprint density at radius 2 is 2.06 bits per heavy atom. The number of rotatable bonds is 2. The number of anilines is 1. The zero-order valence-corrected chi connectivity index (χ0v) is 10.2. The third-order valence-electron chi connectivity index (χ3n) is 3.34. The number of nitrogens with zero attached hydrogens (tertiary/aromatic N) is 1. The molecule has 1 fully saturated rings. The van der Waals surface area contributed by atoms with Gasteiger partial charge in [-0.25, -0.2) is 8.78 Å². The third kappa shape index (κ3) is 2.57. The van der Waals surface area contributed by atoms with E-state index in [1.807, 2.05) is 11.9 Å². The van der Waals surface area contributed by atoms with Crippen molar-refractivity contribution in [1.29, 1.82) is 0 Å². The van der Waals surface area contributed by atoms with Crippen molar-refractivity contribution in [2.75, 3.05) is 25.0 Å². The lowest BCUT2D eigenvalue weighted by Crippen LogP contribution is -2.48. The van der Waals surface area contributed by atoms with Crippen LogP contribution >= 0.6 is 0 Å². The van der Waals surface area contributed by atoms with Crippen LogP contribution in [0.4, 0.5) is 14.5 Å². The van der Waals surface area contributed by atoms with E-state index in [-0.39, 0.29) is 0 Å². The Morgan fingerprint density at radius 3 is 2.76 bits per heavy atom. The lowest BCUT2D eigenvalue weighted by molar-refractivity contribution is 0.363. The molecule has 0 radical (unpaired) electrons. The first-order valence-corrected chi connectivity index (χ1v) is 5.98. The number of halogens is 2. The molecule has 17 heavy (non-hydrogen) atoms. The van der Waals surface area contributed by atoms with Crippen LogP contribution in [0.25, 0.3) is 0 Å². The van der Waals surface area contributed by atoms with Crippen LogP contribution in [-0.2, 0) is 0 Å². The Bertz CT molecular complexity index is 395. The molecule has 1 saturated heterocycles. The van der Waals surface area contributed by atoms with E-state index in [1.54, 1.807) is 12.1 Å². The molecule has 4 heteroatoms. The molecule has 0 aromatic heterocycles. The van der Waals surface area contributed by atoms with Gasteiger partial charge in [0.05, 0.1) is 5.69 Å². The highest BCUT2D eigenvalue weighted by Gasteiger charge is 2.26. The monoisotopic (exact) mass is 240 g/mol. The van der Waals surface area contributed by atoms with Crippen LogP contribution in [0.5, 0.6) is 0 Å². The summed E-state index contributed by atoms with van der Waals surface area (Å²) in [5.74, 6) is -1.04. The van der Waals surface area contributed by atoms with Gasteiger partial charge in [-0.05, 0) is 31.5 Å². The maximum Gasteiger partial charge on any atom is 0.182 e. The first-order chi connectivity index (χ1) is 8.11. The molecule has 2 nitrogen and oxygen atoms in total. The maximum absolute atomic E-state index is 13.7. The molecular formula is C13H18F2N2. The number of hydrogen-bond acceptors (Lipinski definition) is 2. The molecule has 1 aliphatic heterocycles. The molecule has 0 amide bonds. The number of likely N-dealkylation sites (N-methyl/N-ethyl adjacent to an activating group) is 1. The van der Waals surface area contributed by atoms with Crippen molar-refractivity contribution in [1.82, 2.24) is 5.32 Å². The predicted molar refractivity (Wildman–Crippen MR) is 65.2 cm³/mol. The smallest absolute Gasteiger partial charge is 0.182 e. The second kappa shape index (κ2) is 5.00. The number of nitrogens with one attached hydrogen (secondary N) is 1. The summed E-state index contributed by atoms with van der Waals surface area (Å²) in [7, 11) is 1.91. The minimum Gasteiger partial charge on any atom is -0.367 e. The molecular weight excluding hydrogens is 222 g/mol. The molecule has 2 rings (SSSR count). The Hall–Kier alpha value is -1.16. The van der Waals surface area contributed by atoms with Gasteiger partial charge in [0.2, 0.25) is 0 Å². The second-order valence-electron chi connectivity index (χ2n) is 4.80. The minimum absolute atomic E-state index is 0.335. The fourth-order valence-electron chi connectivity index (χ4n) is 2.49. The van der Waals surface area contributed by atoms with Crippen molar-refractivity contribution < 1.29 is 8.78 Å². The van der Waals surface area contributed by atoms with Crippen molar-refractivity contribution in [3.05, 3.63) is 29.8 Å². The molecule has 1 aromatic rings. The normalized spacial score (nSPS) is 25.1. The summed E-state index contributed by atoms with van der Waals surface area (Å²) in [6.45, 7) is 3.63. The van der Waals surface area contributed by atoms with Crippen molar-refractivity contribution >= 4 is 5.69 Å². The lowest BCUT2D eigenvalue weighted by Gasteiger charge is -2.38. The van der Waals surface area contributed by atoms with E-state index < -0.39 is 11.6 Å². The van der Waals surface area contributed by atoms with Gasteiger partial charge in [-0.3, -0.25) is 0 Å². The SMILES string of the molecule is CNC1CC(C)CN(c2cccc(F)c2F)C1. The zero-order chi connectivity index (χ0) is 12.4. The molecule has 2 unspecified atom stereocenters. The Labute approximate surface area is 101 Å². The van der Waals surface area contributed by atoms with E-state index >= 15 is 0 Å². The van der Waals surface area contributed by atoms with E-state index in [1.165, 1.54) is 0 Å². The molecule has 0 spiro atoms. The number of piperidine rings is 1. The minimum atomic E-state index is -0.776. The maximum atomic E-state index is 13.7. The fourth-order valence-corrected chi connectivity index (χ4v) is 2.49. The fraction of sp³-hybridized carbons (Fsp3) is 0.538. The molecule has 1 heterocycles. The highest BCUT2D eigenvalue weighted by molar-refractivity contribution is 5.48. The lowest BCUT2D eigenvalue weighted by atomic mass is 9.95. The van der Waals surface area contributed by atoms with Crippen LogP contribution in [-0.4, -0.2) is 26.2 Å². The van der Waals surface area contributed by atoms with Gasteiger partial charge in [-0.15, -0.1) is 0 Å². The molecule has 0 saturated carbocycles. The Balaban J connectivity index is 2.23. The number of hydrogen-bond donors (Lipinski definition) is 1. The van der Waals surface area contributed by atoms with E-state index in [0.717, 1.165) is 25.6 Å². The van der Waals surface area contributed by atoms with Gasteiger partial charge in [-0.1, -0.05) is 13.0 Å². The third-order valence-corrected chi connectivity index (χ3v) is 3.34. The quantitative estimate of drug-likeness (QED) is 0.854. The summed E-state index contributed by atoms with van der Waals surface area (Å²) < 4.78 is 26.9. The van der Waals surface area contributed by atoms with Crippen LogP contribution in [0.1, 0.15) is 13.3 Å². The molecule has 2 atom stereocenters. The highest BCUT2D eigenvalue weighted by Crippen LogP contribution is 2.26. The molecule has 1 N–H and O–H groups in total. The average molecular weight is 240 g/mol. The Kier molecular flexibility index (Phi) is 3.62. The van der Waals surface area contributed by atoms with E-state index in [0.29, 0.717) is 17.6 Å². The topological polar surface area (TPSA) is 15.3 Å². The van der Waals surface area contributed by atoms with Crippen LogP contribution in [0.2, 0.25) is 0 Å². The van der Waals surface area contributed by atoms with Gasteiger partial charge in [0.25, 0.3) is 0 Å². The molecule has 0 aliphatic carbocycles. The standard InChI is InChI=1S/C13H18F2N2/c1-9-6-10(16-2)8-17(7-9)12-5-3-4-11(14)13(12)15/h3-5,9-10,16H,6-8H2,1-2H3. The average Bonchev–Trinajstić information content (AvgIpc) is 2.31. The highest BCUT2D eigenvalue weighted by atomic mass is 19.2. The van der Waals surface area contributed by atoms with Crippen molar-refractivity contribution in [3.63, 3.8) is 0 Å². The van der Waals surface area contributed by atoms with Crippen molar-refractivity contribution in [2.24, 2.45) is 5.92 Å². The summed E-state index contributed by atoms with van der Waals surface area (Å²) in [5, 5.41) is 3.21. The van der Waals surface area contributed by atoms with Gasteiger partial charge < -0.3 is 10.2 Å². The predicted octanol–water partition coefficient (Wildman–Crippen LogP) is 2.40. The Morgan fingerprint density at radius 1 is 1.29 bits per heavy atom. The van der Waals surface area contributed by atoms with Gasteiger partial charge in [-0.2, -0.15) is 0 Å².